The van der Waals surface area contributed by atoms with Gasteiger partial charge in [0.1, 0.15) is 5.71 Å². The first-order valence-corrected chi connectivity index (χ1v) is 4.46. The second-order valence-electron chi connectivity index (χ2n) is 3.48. The summed E-state index contributed by atoms with van der Waals surface area (Å²) >= 11 is 0. The maximum Gasteiger partial charge on any atom is 0.431 e. The molecule has 86 valence electrons. The molecule has 1 unspecified atom stereocenters. The number of rotatable bonds is 3. The average molecular weight is 224 g/mol. The molecule has 1 rings (SSSR count). The minimum Gasteiger partial charge on any atom is -0.479 e. The largest absolute Gasteiger partial charge is 0.479 e. The van der Waals surface area contributed by atoms with Gasteiger partial charge in [-0.05, 0) is 6.42 Å². The van der Waals surface area contributed by atoms with E-state index in [-0.39, 0.29) is 6.42 Å². The molecule has 1 aliphatic rings. The van der Waals surface area contributed by atoms with Crippen molar-refractivity contribution >= 4 is 11.7 Å². The molecule has 15 heavy (non-hydrogen) atoms. The smallest absolute Gasteiger partial charge is 0.431 e. The number of alkyl halides is 3. The van der Waals surface area contributed by atoms with Crippen LogP contribution in [0.2, 0.25) is 0 Å². The van der Waals surface area contributed by atoms with Crippen molar-refractivity contribution in [2.24, 2.45) is 5.10 Å². The molecule has 1 aliphatic heterocycles. The SMILES string of the molecule is CCCC1(C(=O)O)CC(C(F)(F)F)=NN1. The van der Waals surface area contributed by atoms with E-state index < -0.39 is 29.8 Å². The number of nitrogens with one attached hydrogen (secondary N) is 1. The predicted octanol–water partition coefficient (Wildman–Crippen LogP) is 1.52. The Balaban J connectivity index is 2.82. The van der Waals surface area contributed by atoms with E-state index in [0.29, 0.717) is 6.42 Å². The highest BCUT2D eigenvalue weighted by Gasteiger charge is 2.50. The van der Waals surface area contributed by atoms with Crippen molar-refractivity contribution in [2.75, 3.05) is 0 Å². The van der Waals surface area contributed by atoms with Crippen molar-refractivity contribution in [1.82, 2.24) is 5.43 Å². The Hall–Kier alpha value is -1.27. The highest BCUT2D eigenvalue weighted by molar-refractivity contribution is 5.97. The third-order valence-electron chi connectivity index (χ3n) is 2.29. The first kappa shape index (κ1) is 11.8. The summed E-state index contributed by atoms with van der Waals surface area (Å²) in [5.74, 6) is -1.30. The molecule has 7 heteroatoms. The van der Waals surface area contributed by atoms with Crippen molar-refractivity contribution in [3.63, 3.8) is 0 Å². The van der Waals surface area contributed by atoms with E-state index in [2.05, 4.69) is 10.5 Å². The predicted molar refractivity (Wildman–Crippen MR) is 46.5 cm³/mol. The van der Waals surface area contributed by atoms with Gasteiger partial charge in [-0.3, -0.25) is 5.43 Å². The molecule has 0 saturated heterocycles. The second kappa shape index (κ2) is 3.71. The van der Waals surface area contributed by atoms with Gasteiger partial charge in [0.25, 0.3) is 0 Å². The fourth-order valence-corrected chi connectivity index (χ4v) is 1.50. The Morgan fingerprint density at radius 2 is 2.27 bits per heavy atom. The van der Waals surface area contributed by atoms with Gasteiger partial charge in [0.2, 0.25) is 0 Å². The van der Waals surface area contributed by atoms with Crippen LogP contribution in [0.15, 0.2) is 5.10 Å². The molecule has 0 aromatic heterocycles. The summed E-state index contributed by atoms with van der Waals surface area (Å²) in [6.07, 6.45) is -4.58. The van der Waals surface area contributed by atoms with Gasteiger partial charge in [-0.2, -0.15) is 18.3 Å². The first-order valence-electron chi connectivity index (χ1n) is 4.46. The third-order valence-corrected chi connectivity index (χ3v) is 2.29. The van der Waals surface area contributed by atoms with Crippen molar-refractivity contribution in [1.29, 1.82) is 0 Å². The van der Waals surface area contributed by atoms with Crippen molar-refractivity contribution in [3.8, 4) is 0 Å². The summed E-state index contributed by atoms with van der Waals surface area (Å²) in [6.45, 7) is 1.71. The van der Waals surface area contributed by atoms with Crippen LogP contribution in [0.5, 0.6) is 0 Å². The number of carbonyl (C=O) groups is 1. The number of carboxylic acid groups (broad SMARTS) is 1. The number of hydrazone groups is 1. The molecule has 0 spiro atoms. The van der Waals surface area contributed by atoms with E-state index in [4.69, 9.17) is 5.11 Å². The van der Waals surface area contributed by atoms with Gasteiger partial charge in [-0.1, -0.05) is 13.3 Å². The molecule has 1 heterocycles. The van der Waals surface area contributed by atoms with E-state index in [1.807, 2.05) is 0 Å². The lowest BCUT2D eigenvalue weighted by molar-refractivity contribution is -0.144. The number of halogens is 3. The number of hydrogen-bond acceptors (Lipinski definition) is 3. The lowest BCUT2D eigenvalue weighted by Crippen LogP contribution is -2.47. The van der Waals surface area contributed by atoms with Crippen LogP contribution in [0.3, 0.4) is 0 Å². The summed E-state index contributed by atoms with van der Waals surface area (Å²) in [6, 6.07) is 0. The van der Waals surface area contributed by atoms with Gasteiger partial charge in [0.15, 0.2) is 5.54 Å². The molecule has 0 bridgehead atoms. The maximum absolute atomic E-state index is 12.2. The third kappa shape index (κ3) is 2.21. The number of carboxylic acids is 1. The second-order valence-corrected chi connectivity index (χ2v) is 3.48. The molecule has 0 amide bonds. The minimum atomic E-state index is -4.56. The Kier molecular flexibility index (Phi) is 2.92. The summed E-state index contributed by atoms with van der Waals surface area (Å²) < 4.78 is 36.7. The van der Waals surface area contributed by atoms with Gasteiger partial charge in [-0.15, -0.1) is 0 Å². The Morgan fingerprint density at radius 3 is 2.60 bits per heavy atom. The molecule has 1 atom stereocenters. The molecule has 0 saturated carbocycles. The molecule has 0 radical (unpaired) electrons. The zero-order valence-corrected chi connectivity index (χ0v) is 8.06. The number of nitrogens with zero attached hydrogens (tertiary/aromatic N) is 1. The van der Waals surface area contributed by atoms with E-state index in [1.165, 1.54) is 0 Å². The molecular weight excluding hydrogens is 213 g/mol. The monoisotopic (exact) mass is 224 g/mol. The topological polar surface area (TPSA) is 61.7 Å². The molecule has 0 fully saturated rings. The lowest BCUT2D eigenvalue weighted by Gasteiger charge is -2.22. The van der Waals surface area contributed by atoms with Crippen LogP contribution in [-0.2, 0) is 4.79 Å². The van der Waals surface area contributed by atoms with Crippen LogP contribution in [0.25, 0.3) is 0 Å². The van der Waals surface area contributed by atoms with Crippen molar-refractivity contribution in [2.45, 2.75) is 37.9 Å². The average Bonchev–Trinajstić information content (AvgIpc) is 2.49. The van der Waals surface area contributed by atoms with Crippen LogP contribution < -0.4 is 5.43 Å². The number of aliphatic carboxylic acids is 1. The Morgan fingerprint density at radius 1 is 1.67 bits per heavy atom. The Labute approximate surface area is 84.2 Å². The Bertz CT molecular complexity index is 301. The summed E-state index contributed by atoms with van der Waals surface area (Å²) in [5, 5.41) is 11.9. The van der Waals surface area contributed by atoms with Crippen LogP contribution in [-0.4, -0.2) is 28.5 Å². The standard InChI is InChI=1S/C8H11F3N2O2/c1-2-3-7(6(14)15)4-5(12-13-7)8(9,10)11/h13H,2-4H2,1H3,(H,14,15). The summed E-state index contributed by atoms with van der Waals surface area (Å²) in [5.41, 5.74) is -0.545. The van der Waals surface area contributed by atoms with E-state index in [0.717, 1.165) is 0 Å². The maximum atomic E-state index is 12.2. The van der Waals surface area contributed by atoms with Gasteiger partial charge in [0, 0.05) is 6.42 Å². The summed E-state index contributed by atoms with van der Waals surface area (Å²) in [7, 11) is 0. The molecule has 0 aromatic rings. The van der Waals surface area contributed by atoms with Crippen LogP contribution in [0, 0.1) is 0 Å². The molecule has 0 aromatic carbocycles. The van der Waals surface area contributed by atoms with Gasteiger partial charge in [-0.25, -0.2) is 4.79 Å². The first-order chi connectivity index (χ1) is 6.82. The van der Waals surface area contributed by atoms with Crippen LogP contribution in [0.1, 0.15) is 26.2 Å². The van der Waals surface area contributed by atoms with Gasteiger partial charge in [0.05, 0.1) is 0 Å². The van der Waals surface area contributed by atoms with Crippen LogP contribution in [0.4, 0.5) is 13.2 Å². The zero-order chi connectivity index (χ0) is 11.7. The number of hydrogen-bond donors (Lipinski definition) is 2. The van der Waals surface area contributed by atoms with Gasteiger partial charge < -0.3 is 5.11 Å². The minimum absolute atomic E-state index is 0.116. The zero-order valence-electron chi connectivity index (χ0n) is 8.06. The highest BCUT2D eigenvalue weighted by atomic mass is 19.4. The van der Waals surface area contributed by atoms with Gasteiger partial charge >= 0.3 is 12.1 Å². The normalized spacial score (nSPS) is 26.0. The molecular formula is C8H11F3N2O2. The molecule has 2 N–H and O–H groups in total. The highest BCUT2D eigenvalue weighted by Crippen LogP contribution is 2.30. The fourth-order valence-electron chi connectivity index (χ4n) is 1.50. The van der Waals surface area contributed by atoms with E-state index in [1.54, 1.807) is 6.92 Å². The van der Waals surface area contributed by atoms with E-state index >= 15 is 0 Å². The lowest BCUT2D eigenvalue weighted by atomic mass is 9.89. The van der Waals surface area contributed by atoms with Crippen molar-refractivity contribution < 1.29 is 23.1 Å². The summed E-state index contributed by atoms with van der Waals surface area (Å²) in [4.78, 5) is 10.9. The van der Waals surface area contributed by atoms with Crippen LogP contribution >= 0.6 is 0 Å². The fraction of sp³-hybridized carbons (Fsp3) is 0.750. The molecule has 4 nitrogen and oxygen atoms in total. The van der Waals surface area contributed by atoms with Crippen molar-refractivity contribution in [3.05, 3.63) is 0 Å². The quantitative estimate of drug-likeness (QED) is 0.764. The van der Waals surface area contributed by atoms with E-state index in [9.17, 15) is 18.0 Å². The molecule has 0 aliphatic carbocycles.